The van der Waals surface area contributed by atoms with Crippen LogP contribution in [-0.4, -0.2) is 31.4 Å². The molecule has 1 aromatic rings. The van der Waals surface area contributed by atoms with E-state index in [0.717, 1.165) is 0 Å². The molecule has 2 atom stereocenters. The lowest BCUT2D eigenvalue weighted by atomic mass is 9.74. The van der Waals surface area contributed by atoms with Crippen LogP contribution in [0, 0.1) is 34.5 Å². The fourth-order valence-corrected chi connectivity index (χ4v) is 3.13. The van der Waals surface area contributed by atoms with E-state index in [2.05, 4.69) is 11.1 Å². The highest BCUT2D eigenvalue weighted by molar-refractivity contribution is 6.07. The Morgan fingerprint density at radius 2 is 1.89 bits per heavy atom. The quantitative estimate of drug-likeness (QED) is 0.727. The molecule has 1 aromatic carbocycles. The van der Waals surface area contributed by atoms with Crippen molar-refractivity contribution in [2.24, 2.45) is 16.8 Å². The number of carbonyl (C=O) groups excluding carboxylic acids is 2. The van der Waals surface area contributed by atoms with Gasteiger partial charge < -0.3 is 9.47 Å². The molecule has 0 saturated carbocycles. The molecule has 0 aliphatic carbocycles. The van der Waals surface area contributed by atoms with Gasteiger partial charge in [-0.1, -0.05) is 32.0 Å². The fraction of sp³-hybridized carbons (Fsp3) is 0.381. The normalized spacial score (nSPS) is 18.8. The summed E-state index contributed by atoms with van der Waals surface area (Å²) < 4.78 is 10.3. The molecular weight excluding hydrogens is 358 g/mol. The molecule has 2 rings (SSSR count). The van der Waals surface area contributed by atoms with Gasteiger partial charge in [0.2, 0.25) is 0 Å². The number of esters is 2. The first kappa shape index (κ1) is 20.9. The van der Waals surface area contributed by atoms with Gasteiger partial charge in [0, 0.05) is 11.6 Å². The Hall–Kier alpha value is -3.45. The number of carbonyl (C=O) groups is 2. The predicted octanol–water partition coefficient (Wildman–Crippen LogP) is 2.88. The fourth-order valence-electron chi connectivity index (χ4n) is 3.13. The Labute approximate surface area is 163 Å². The minimum atomic E-state index is -0.945. The van der Waals surface area contributed by atoms with Crippen molar-refractivity contribution < 1.29 is 19.1 Å². The highest BCUT2D eigenvalue weighted by atomic mass is 16.5. The monoisotopic (exact) mass is 379 g/mol. The average molecular weight is 379 g/mol. The molecule has 28 heavy (non-hydrogen) atoms. The number of aliphatic imine (C=N–C) groups is 1. The van der Waals surface area contributed by atoms with E-state index in [-0.39, 0.29) is 23.8 Å². The van der Waals surface area contributed by atoms with Crippen LogP contribution in [0.25, 0.3) is 0 Å². The van der Waals surface area contributed by atoms with Crippen LogP contribution in [-0.2, 0) is 19.1 Å². The van der Waals surface area contributed by atoms with Gasteiger partial charge in [-0.2, -0.15) is 10.5 Å². The molecule has 0 fully saturated rings. The van der Waals surface area contributed by atoms with E-state index < -0.39 is 23.8 Å². The van der Waals surface area contributed by atoms with Gasteiger partial charge in [0.15, 0.2) is 5.70 Å². The molecule has 1 heterocycles. The molecule has 0 aromatic heterocycles. The van der Waals surface area contributed by atoms with Crippen LogP contribution in [0.2, 0.25) is 0 Å². The first-order valence-electron chi connectivity index (χ1n) is 8.79. The Morgan fingerprint density at radius 3 is 2.46 bits per heavy atom. The molecule has 144 valence electrons. The topological polar surface area (TPSA) is 113 Å². The molecule has 0 spiro atoms. The van der Waals surface area contributed by atoms with Crippen molar-refractivity contribution >= 4 is 17.7 Å². The van der Waals surface area contributed by atoms with Crippen LogP contribution in [0.5, 0.6) is 0 Å². The smallest absolute Gasteiger partial charge is 0.337 e. The van der Waals surface area contributed by atoms with Gasteiger partial charge in [-0.05, 0) is 24.5 Å². The van der Waals surface area contributed by atoms with Crippen molar-refractivity contribution in [2.75, 3.05) is 13.7 Å². The van der Waals surface area contributed by atoms with Crippen LogP contribution >= 0.6 is 0 Å². The molecule has 7 heteroatoms. The highest BCUT2D eigenvalue weighted by Gasteiger charge is 2.44. The zero-order valence-electron chi connectivity index (χ0n) is 16.2. The summed E-state index contributed by atoms with van der Waals surface area (Å²) in [5, 5.41) is 19.0. The van der Waals surface area contributed by atoms with Crippen LogP contribution in [0.15, 0.2) is 40.5 Å². The maximum Gasteiger partial charge on any atom is 0.337 e. The predicted molar refractivity (Wildman–Crippen MR) is 101 cm³/mol. The standard InChI is InChI=1S/C21H21N3O4/c1-12(2)11-28-21(26)17-13(3)24-16(10-23)19(20(25)27-4)18(17)15-8-6-5-7-14(15)9-22/h5-8,12,17-18H,11H2,1-4H3. The second-order valence-corrected chi connectivity index (χ2v) is 6.80. The van der Waals surface area contributed by atoms with Gasteiger partial charge in [-0.3, -0.25) is 4.79 Å². The number of nitrogens with zero attached hydrogens (tertiary/aromatic N) is 3. The van der Waals surface area contributed by atoms with Crippen LogP contribution in [0.1, 0.15) is 37.8 Å². The number of benzene rings is 1. The lowest BCUT2D eigenvalue weighted by Gasteiger charge is -2.31. The summed E-state index contributed by atoms with van der Waals surface area (Å²) in [6.45, 7) is 5.63. The molecule has 0 amide bonds. The lowest BCUT2D eigenvalue weighted by molar-refractivity contribution is -0.147. The summed E-state index contributed by atoms with van der Waals surface area (Å²) in [6, 6.07) is 10.6. The van der Waals surface area contributed by atoms with Gasteiger partial charge in [-0.15, -0.1) is 0 Å². The number of methoxy groups -OCH3 is 1. The van der Waals surface area contributed by atoms with Gasteiger partial charge in [0.05, 0.1) is 30.9 Å². The Morgan fingerprint density at radius 1 is 1.21 bits per heavy atom. The van der Waals surface area contributed by atoms with Gasteiger partial charge in [-0.25, -0.2) is 9.79 Å². The second-order valence-electron chi connectivity index (χ2n) is 6.80. The van der Waals surface area contributed by atoms with Crippen LogP contribution in [0.3, 0.4) is 0 Å². The molecule has 0 saturated heterocycles. The Balaban J connectivity index is 2.71. The van der Waals surface area contributed by atoms with E-state index in [1.54, 1.807) is 31.2 Å². The second kappa shape index (κ2) is 8.96. The minimum absolute atomic E-state index is 0.0511. The maximum absolute atomic E-state index is 12.9. The first-order valence-corrected chi connectivity index (χ1v) is 8.79. The van der Waals surface area contributed by atoms with Crippen molar-refractivity contribution in [3.05, 3.63) is 46.7 Å². The summed E-state index contributed by atoms with van der Waals surface area (Å²) in [7, 11) is 1.19. The molecule has 1 aliphatic rings. The van der Waals surface area contributed by atoms with Gasteiger partial charge >= 0.3 is 11.9 Å². The van der Waals surface area contributed by atoms with Crippen molar-refractivity contribution in [1.82, 2.24) is 0 Å². The average Bonchev–Trinajstić information content (AvgIpc) is 2.70. The molecule has 1 aliphatic heterocycles. The van der Waals surface area contributed by atoms with E-state index in [9.17, 15) is 20.1 Å². The van der Waals surface area contributed by atoms with E-state index in [0.29, 0.717) is 16.8 Å². The van der Waals surface area contributed by atoms with E-state index >= 15 is 0 Å². The third kappa shape index (κ3) is 4.10. The van der Waals surface area contributed by atoms with Gasteiger partial charge in [0.1, 0.15) is 12.0 Å². The molecule has 0 bridgehead atoms. The summed E-state index contributed by atoms with van der Waals surface area (Å²) in [4.78, 5) is 29.6. The largest absolute Gasteiger partial charge is 0.466 e. The molecule has 2 unspecified atom stereocenters. The van der Waals surface area contributed by atoms with E-state index in [1.165, 1.54) is 7.11 Å². The lowest BCUT2D eigenvalue weighted by Crippen LogP contribution is -2.37. The van der Waals surface area contributed by atoms with E-state index in [1.807, 2.05) is 19.9 Å². The molecule has 7 nitrogen and oxygen atoms in total. The third-order valence-electron chi connectivity index (χ3n) is 4.38. The number of hydrogen-bond donors (Lipinski definition) is 0. The Bertz CT molecular complexity index is 932. The van der Waals surface area contributed by atoms with Crippen LogP contribution < -0.4 is 0 Å². The minimum Gasteiger partial charge on any atom is -0.466 e. The van der Waals surface area contributed by atoms with Crippen molar-refractivity contribution in [2.45, 2.75) is 26.7 Å². The summed E-state index contributed by atoms with van der Waals surface area (Å²) in [5.74, 6) is -3.06. The zero-order valence-corrected chi connectivity index (χ0v) is 16.2. The molecule has 0 radical (unpaired) electrons. The molecular formula is C21H21N3O4. The van der Waals surface area contributed by atoms with Crippen molar-refractivity contribution in [3.8, 4) is 12.1 Å². The van der Waals surface area contributed by atoms with Crippen molar-refractivity contribution in [3.63, 3.8) is 0 Å². The summed E-state index contributed by atoms with van der Waals surface area (Å²) >= 11 is 0. The third-order valence-corrected chi connectivity index (χ3v) is 4.38. The maximum atomic E-state index is 12.9. The SMILES string of the molecule is COC(=O)C1=C(C#N)N=C(C)C(C(=O)OCC(C)C)C1c1ccccc1C#N. The number of ether oxygens (including phenoxy) is 2. The number of rotatable bonds is 5. The number of allylic oxidation sites excluding steroid dienone is 1. The van der Waals surface area contributed by atoms with Crippen molar-refractivity contribution in [1.29, 1.82) is 10.5 Å². The van der Waals surface area contributed by atoms with E-state index in [4.69, 9.17) is 9.47 Å². The highest BCUT2D eigenvalue weighted by Crippen LogP contribution is 2.41. The zero-order chi connectivity index (χ0) is 20.8. The number of nitriles is 2. The van der Waals surface area contributed by atoms with Gasteiger partial charge in [0.25, 0.3) is 0 Å². The summed E-state index contributed by atoms with van der Waals surface area (Å²) in [6.07, 6.45) is 0. The summed E-state index contributed by atoms with van der Waals surface area (Å²) in [5.41, 5.74) is 0.900. The van der Waals surface area contributed by atoms with Crippen LogP contribution in [0.4, 0.5) is 0 Å². The Kier molecular flexibility index (Phi) is 6.68. The molecule has 0 N–H and O–H groups in total. The first-order chi connectivity index (χ1) is 13.3. The number of hydrogen-bond acceptors (Lipinski definition) is 7.